The van der Waals surface area contributed by atoms with Crippen LogP contribution >= 0.6 is 11.6 Å². The molecule has 6 heteroatoms. The topological polar surface area (TPSA) is 66.8 Å². The van der Waals surface area contributed by atoms with Crippen molar-refractivity contribution in [1.29, 1.82) is 0 Å². The van der Waals surface area contributed by atoms with Gasteiger partial charge in [0.1, 0.15) is 11.8 Å². The van der Waals surface area contributed by atoms with E-state index in [4.69, 9.17) is 21.4 Å². The van der Waals surface area contributed by atoms with Crippen molar-refractivity contribution >= 4 is 23.5 Å². The summed E-state index contributed by atoms with van der Waals surface area (Å²) in [4.78, 5) is 24.4. The van der Waals surface area contributed by atoms with Crippen molar-refractivity contribution in [3.63, 3.8) is 0 Å². The molecule has 1 amide bonds. The molecule has 0 radical (unpaired) electrons. The fourth-order valence-corrected chi connectivity index (χ4v) is 2.55. The van der Waals surface area contributed by atoms with Crippen molar-refractivity contribution in [1.82, 2.24) is 4.90 Å². The summed E-state index contributed by atoms with van der Waals surface area (Å²) in [5, 5.41) is 9.65. The number of carbonyl (C=O) groups excluding carboxylic acids is 1. The molecule has 1 atom stereocenters. The van der Waals surface area contributed by atoms with Crippen molar-refractivity contribution in [2.24, 2.45) is 0 Å². The molecule has 1 unspecified atom stereocenters. The Morgan fingerprint density at radius 2 is 2.25 bits per heavy atom. The molecule has 1 aliphatic rings. The van der Waals surface area contributed by atoms with Gasteiger partial charge in [-0.2, -0.15) is 0 Å². The number of carboxylic acid groups (broad SMARTS) is 1. The molecule has 0 aliphatic carbocycles. The normalized spacial score (nSPS) is 18.1. The van der Waals surface area contributed by atoms with E-state index in [1.807, 2.05) is 6.92 Å². The Hall–Kier alpha value is -1.75. The SMILES string of the molecule is Cc1cc(Cl)ccc1OCC(=O)N1CCCC1C(=O)O. The standard InChI is InChI=1S/C14H16ClNO4/c1-9-7-10(15)4-5-12(9)20-8-13(17)16-6-2-3-11(16)14(18)19/h4-5,7,11H,2-3,6,8H2,1H3,(H,18,19). The van der Waals surface area contributed by atoms with E-state index in [0.29, 0.717) is 30.2 Å². The summed E-state index contributed by atoms with van der Waals surface area (Å²) in [5.74, 6) is -0.684. The second-order valence-corrected chi connectivity index (χ2v) is 5.22. The largest absolute Gasteiger partial charge is 0.483 e. The molecule has 1 saturated heterocycles. The first-order valence-corrected chi connectivity index (χ1v) is 6.78. The van der Waals surface area contributed by atoms with E-state index in [1.165, 1.54) is 4.90 Å². The zero-order valence-electron chi connectivity index (χ0n) is 11.1. The van der Waals surface area contributed by atoms with Gasteiger partial charge in [0.05, 0.1) is 0 Å². The first-order chi connectivity index (χ1) is 9.49. The molecule has 2 rings (SSSR count). The lowest BCUT2D eigenvalue weighted by Gasteiger charge is -2.21. The zero-order chi connectivity index (χ0) is 14.7. The van der Waals surface area contributed by atoms with Crippen LogP contribution in [0.2, 0.25) is 5.02 Å². The van der Waals surface area contributed by atoms with E-state index < -0.39 is 12.0 Å². The van der Waals surface area contributed by atoms with Gasteiger partial charge in [-0.3, -0.25) is 4.79 Å². The predicted octanol–water partition coefficient (Wildman–Crippen LogP) is 2.10. The van der Waals surface area contributed by atoms with Crippen LogP contribution in [-0.2, 0) is 9.59 Å². The van der Waals surface area contributed by atoms with E-state index in [2.05, 4.69) is 0 Å². The quantitative estimate of drug-likeness (QED) is 0.924. The molecule has 1 fully saturated rings. The lowest BCUT2D eigenvalue weighted by molar-refractivity contribution is -0.148. The third kappa shape index (κ3) is 3.22. The summed E-state index contributed by atoms with van der Waals surface area (Å²) in [6.45, 7) is 2.15. The van der Waals surface area contributed by atoms with E-state index in [0.717, 1.165) is 5.56 Å². The number of carbonyl (C=O) groups is 2. The number of aryl methyl sites for hydroxylation is 1. The van der Waals surface area contributed by atoms with Crippen molar-refractivity contribution in [3.05, 3.63) is 28.8 Å². The summed E-state index contributed by atoms with van der Waals surface area (Å²) in [6.07, 6.45) is 1.21. The molecule has 108 valence electrons. The minimum atomic E-state index is -0.960. The molecular weight excluding hydrogens is 282 g/mol. The van der Waals surface area contributed by atoms with Gasteiger partial charge in [-0.25, -0.2) is 4.79 Å². The highest BCUT2D eigenvalue weighted by molar-refractivity contribution is 6.30. The van der Waals surface area contributed by atoms with Gasteiger partial charge in [-0.1, -0.05) is 11.6 Å². The zero-order valence-corrected chi connectivity index (χ0v) is 11.9. The Balaban J connectivity index is 1.96. The monoisotopic (exact) mass is 297 g/mol. The predicted molar refractivity (Wildman–Crippen MR) is 74.1 cm³/mol. The maximum Gasteiger partial charge on any atom is 0.326 e. The van der Waals surface area contributed by atoms with E-state index >= 15 is 0 Å². The highest BCUT2D eigenvalue weighted by Crippen LogP contribution is 2.22. The maximum atomic E-state index is 12.0. The Morgan fingerprint density at radius 3 is 2.90 bits per heavy atom. The van der Waals surface area contributed by atoms with Crippen LogP contribution in [0, 0.1) is 6.92 Å². The molecular formula is C14H16ClNO4. The molecule has 0 saturated carbocycles. The van der Waals surface area contributed by atoms with Crippen LogP contribution in [0.25, 0.3) is 0 Å². The first kappa shape index (κ1) is 14.7. The molecule has 20 heavy (non-hydrogen) atoms. The number of hydrogen-bond donors (Lipinski definition) is 1. The molecule has 0 spiro atoms. The van der Waals surface area contributed by atoms with Gasteiger partial charge < -0.3 is 14.7 Å². The minimum absolute atomic E-state index is 0.160. The molecule has 0 aromatic heterocycles. The van der Waals surface area contributed by atoms with Gasteiger partial charge in [0.2, 0.25) is 0 Å². The van der Waals surface area contributed by atoms with Gasteiger partial charge in [-0.15, -0.1) is 0 Å². The number of carboxylic acids is 1. The number of rotatable bonds is 4. The van der Waals surface area contributed by atoms with E-state index in [-0.39, 0.29) is 12.5 Å². The molecule has 0 bridgehead atoms. The van der Waals surface area contributed by atoms with Crippen LogP contribution in [0.4, 0.5) is 0 Å². The van der Waals surface area contributed by atoms with Gasteiger partial charge in [-0.05, 0) is 43.5 Å². The minimum Gasteiger partial charge on any atom is -0.483 e. The highest BCUT2D eigenvalue weighted by atomic mass is 35.5. The molecule has 1 N–H and O–H groups in total. The third-order valence-electron chi connectivity index (χ3n) is 3.35. The number of aliphatic carboxylic acids is 1. The first-order valence-electron chi connectivity index (χ1n) is 6.40. The fraction of sp³-hybridized carbons (Fsp3) is 0.429. The molecule has 5 nitrogen and oxygen atoms in total. The summed E-state index contributed by atoms with van der Waals surface area (Å²) in [5.41, 5.74) is 0.835. The highest BCUT2D eigenvalue weighted by Gasteiger charge is 2.33. The van der Waals surface area contributed by atoms with Crippen molar-refractivity contribution < 1.29 is 19.4 Å². The lowest BCUT2D eigenvalue weighted by Crippen LogP contribution is -2.42. The average Bonchev–Trinajstić information content (AvgIpc) is 2.86. The number of benzene rings is 1. The molecule has 1 aromatic rings. The number of amides is 1. The fourth-order valence-electron chi connectivity index (χ4n) is 2.32. The van der Waals surface area contributed by atoms with E-state index in [9.17, 15) is 9.59 Å². The van der Waals surface area contributed by atoms with Crippen LogP contribution < -0.4 is 4.74 Å². The van der Waals surface area contributed by atoms with Gasteiger partial charge in [0.25, 0.3) is 5.91 Å². The number of ether oxygens (including phenoxy) is 1. The van der Waals surface area contributed by atoms with Gasteiger partial charge >= 0.3 is 5.97 Å². The second-order valence-electron chi connectivity index (χ2n) is 4.78. The van der Waals surface area contributed by atoms with Crippen LogP contribution in [0.3, 0.4) is 0 Å². The lowest BCUT2D eigenvalue weighted by atomic mass is 10.2. The number of likely N-dealkylation sites (tertiary alicyclic amines) is 1. The van der Waals surface area contributed by atoms with Crippen LogP contribution in [0.5, 0.6) is 5.75 Å². The second kappa shape index (κ2) is 6.13. The van der Waals surface area contributed by atoms with Gasteiger partial charge in [0.15, 0.2) is 6.61 Å². The summed E-state index contributed by atoms with van der Waals surface area (Å²) >= 11 is 5.84. The number of halogens is 1. The maximum absolute atomic E-state index is 12.0. The van der Waals surface area contributed by atoms with E-state index in [1.54, 1.807) is 18.2 Å². The Morgan fingerprint density at radius 1 is 1.50 bits per heavy atom. The smallest absolute Gasteiger partial charge is 0.326 e. The Kier molecular flexibility index (Phi) is 4.49. The summed E-state index contributed by atoms with van der Waals surface area (Å²) < 4.78 is 5.45. The molecule has 1 heterocycles. The van der Waals surface area contributed by atoms with Crippen LogP contribution in [-0.4, -0.2) is 41.1 Å². The van der Waals surface area contributed by atoms with Gasteiger partial charge in [0, 0.05) is 11.6 Å². The average molecular weight is 298 g/mol. The Bertz CT molecular complexity index is 532. The summed E-state index contributed by atoms with van der Waals surface area (Å²) in [6, 6.07) is 4.41. The van der Waals surface area contributed by atoms with Crippen molar-refractivity contribution in [3.8, 4) is 5.75 Å². The number of hydrogen-bond acceptors (Lipinski definition) is 3. The van der Waals surface area contributed by atoms with Crippen LogP contribution in [0.15, 0.2) is 18.2 Å². The van der Waals surface area contributed by atoms with Crippen LogP contribution in [0.1, 0.15) is 18.4 Å². The third-order valence-corrected chi connectivity index (χ3v) is 3.58. The van der Waals surface area contributed by atoms with Crippen molar-refractivity contribution in [2.75, 3.05) is 13.2 Å². The molecule has 1 aromatic carbocycles. The number of nitrogens with zero attached hydrogens (tertiary/aromatic N) is 1. The Labute approximate surface area is 122 Å². The molecule has 1 aliphatic heterocycles. The summed E-state index contributed by atoms with van der Waals surface area (Å²) in [7, 11) is 0. The van der Waals surface area contributed by atoms with Crippen molar-refractivity contribution in [2.45, 2.75) is 25.8 Å².